The summed E-state index contributed by atoms with van der Waals surface area (Å²) in [6, 6.07) is 0. The van der Waals surface area contributed by atoms with Gasteiger partial charge in [-0.15, -0.1) is 0 Å². The van der Waals surface area contributed by atoms with Crippen molar-refractivity contribution in [3.05, 3.63) is 12.2 Å². The zero-order valence-electron chi connectivity index (χ0n) is 10.5. The molecule has 0 saturated carbocycles. The number of rotatable bonds is 8. The number of carbonyl (C=O) groups excluding carboxylic acids is 1. The third-order valence-corrected chi connectivity index (χ3v) is 3.75. The van der Waals surface area contributed by atoms with Crippen molar-refractivity contribution < 1.29 is 31.9 Å². The largest absolute Gasteiger partial charge is 0.463 e. The lowest BCUT2D eigenvalue weighted by Crippen LogP contribution is -2.18. The fraction of sp³-hybridized carbons (Fsp3) is 0.700. The molecular formula is C10H17F2O5P. The smallest absolute Gasteiger partial charge is 0.403 e. The quantitative estimate of drug-likeness (QED) is 0.390. The lowest BCUT2D eigenvalue weighted by molar-refractivity contribution is -0.137. The van der Waals surface area contributed by atoms with Crippen LogP contribution in [0.3, 0.4) is 0 Å². The lowest BCUT2D eigenvalue weighted by Gasteiger charge is -2.22. The molecule has 5 nitrogen and oxygen atoms in total. The van der Waals surface area contributed by atoms with Gasteiger partial charge in [-0.05, 0) is 20.8 Å². The Morgan fingerprint density at radius 3 is 2.06 bits per heavy atom. The van der Waals surface area contributed by atoms with Crippen LogP contribution in [0.25, 0.3) is 0 Å². The van der Waals surface area contributed by atoms with Crippen molar-refractivity contribution in [3.8, 4) is 0 Å². The minimum Gasteiger partial charge on any atom is -0.463 e. The molecule has 0 saturated heterocycles. The summed E-state index contributed by atoms with van der Waals surface area (Å²) < 4.78 is 52.5. The van der Waals surface area contributed by atoms with Crippen molar-refractivity contribution in [3.63, 3.8) is 0 Å². The Bertz CT molecular complexity index is 333. The molecule has 0 atom stereocenters. The van der Waals surface area contributed by atoms with Crippen LogP contribution < -0.4 is 0 Å². The van der Waals surface area contributed by atoms with Crippen LogP contribution in [0.1, 0.15) is 20.8 Å². The van der Waals surface area contributed by atoms with Gasteiger partial charge in [-0.2, -0.15) is 8.78 Å². The second-order valence-corrected chi connectivity index (χ2v) is 5.11. The summed E-state index contributed by atoms with van der Waals surface area (Å²) >= 11 is 0. The van der Waals surface area contributed by atoms with Crippen LogP contribution in [-0.2, 0) is 23.1 Å². The standard InChI is InChI=1S/C10H17F2O5P/c1-4-15-9(13)7-8-10(11,12)18(14,16-5-2)17-6-3/h7-8H,4-6H2,1-3H3/b8-7+. The highest BCUT2D eigenvalue weighted by Crippen LogP contribution is 2.62. The van der Waals surface area contributed by atoms with Crippen LogP contribution in [0.4, 0.5) is 8.78 Å². The molecule has 0 spiro atoms. The van der Waals surface area contributed by atoms with Gasteiger partial charge in [-0.25, -0.2) is 4.79 Å². The summed E-state index contributed by atoms with van der Waals surface area (Å²) in [4.78, 5) is 10.9. The van der Waals surface area contributed by atoms with E-state index in [1.807, 2.05) is 0 Å². The Kier molecular flexibility index (Phi) is 7.28. The number of hydrogen-bond acceptors (Lipinski definition) is 5. The van der Waals surface area contributed by atoms with Gasteiger partial charge in [0.15, 0.2) is 0 Å². The van der Waals surface area contributed by atoms with Gasteiger partial charge in [0.25, 0.3) is 0 Å². The van der Waals surface area contributed by atoms with Crippen molar-refractivity contribution >= 4 is 13.6 Å². The van der Waals surface area contributed by atoms with Gasteiger partial charge in [0, 0.05) is 12.2 Å². The molecule has 18 heavy (non-hydrogen) atoms. The fourth-order valence-electron chi connectivity index (χ4n) is 0.999. The third kappa shape index (κ3) is 4.84. The van der Waals surface area contributed by atoms with Crippen molar-refractivity contribution in [2.75, 3.05) is 19.8 Å². The highest BCUT2D eigenvalue weighted by atomic mass is 31.2. The molecule has 0 N–H and O–H groups in total. The molecule has 0 fully saturated rings. The van der Waals surface area contributed by atoms with E-state index >= 15 is 0 Å². The first-order valence-corrected chi connectivity index (χ1v) is 7.00. The molecule has 0 aliphatic heterocycles. The molecule has 0 aliphatic carbocycles. The van der Waals surface area contributed by atoms with Crippen LogP contribution in [0.5, 0.6) is 0 Å². The third-order valence-electron chi connectivity index (χ3n) is 1.67. The zero-order valence-corrected chi connectivity index (χ0v) is 11.4. The first-order chi connectivity index (χ1) is 8.33. The monoisotopic (exact) mass is 286 g/mol. The highest BCUT2D eigenvalue weighted by molar-refractivity contribution is 7.55. The van der Waals surface area contributed by atoms with Crippen LogP contribution in [0.2, 0.25) is 0 Å². The molecule has 0 aromatic heterocycles. The topological polar surface area (TPSA) is 61.8 Å². The van der Waals surface area contributed by atoms with Gasteiger partial charge in [0.05, 0.1) is 19.8 Å². The van der Waals surface area contributed by atoms with Gasteiger partial charge >= 0.3 is 19.2 Å². The number of allylic oxidation sites excluding steroid dienone is 1. The average molecular weight is 286 g/mol. The van der Waals surface area contributed by atoms with E-state index in [4.69, 9.17) is 0 Å². The minimum atomic E-state index is -4.63. The fourth-order valence-corrected chi connectivity index (χ4v) is 2.36. The van der Waals surface area contributed by atoms with Crippen molar-refractivity contribution in [2.45, 2.75) is 26.4 Å². The van der Waals surface area contributed by atoms with E-state index in [0.717, 1.165) is 0 Å². The van der Waals surface area contributed by atoms with Crippen LogP contribution in [0, 0.1) is 0 Å². The molecule has 0 heterocycles. The zero-order chi connectivity index (χ0) is 14.2. The average Bonchev–Trinajstić information content (AvgIpc) is 2.27. The molecule has 0 radical (unpaired) electrons. The maximum atomic E-state index is 13.6. The second-order valence-electron chi connectivity index (χ2n) is 3.01. The van der Waals surface area contributed by atoms with E-state index in [9.17, 15) is 18.1 Å². The number of alkyl halides is 2. The maximum Gasteiger partial charge on any atom is 0.403 e. The molecule has 0 aliphatic rings. The van der Waals surface area contributed by atoms with Gasteiger partial charge in [0.1, 0.15) is 0 Å². The molecule has 0 aromatic rings. The van der Waals surface area contributed by atoms with Crippen LogP contribution in [0.15, 0.2) is 12.2 Å². The Hall–Kier alpha value is -0.780. The van der Waals surface area contributed by atoms with Crippen molar-refractivity contribution in [2.24, 2.45) is 0 Å². The predicted molar refractivity (Wildman–Crippen MR) is 61.6 cm³/mol. The van der Waals surface area contributed by atoms with Crippen LogP contribution in [-0.4, -0.2) is 31.5 Å². The maximum absolute atomic E-state index is 13.6. The van der Waals surface area contributed by atoms with Gasteiger partial charge in [-0.1, -0.05) is 0 Å². The van der Waals surface area contributed by atoms with Crippen molar-refractivity contribution in [1.29, 1.82) is 0 Å². The molecule has 0 aromatic carbocycles. The Morgan fingerprint density at radius 1 is 1.17 bits per heavy atom. The number of ether oxygens (including phenoxy) is 1. The Balaban J connectivity index is 4.95. The predicted octanol–water partition coefficient (Wildman–Crippen LogP) is 2.96. The van der Waals surface area contributed by atoms with Gasteiger partial charge in [0.2, 0.25) is 0 Å². The molecule has 106 valence electrons. The summed E-state index contributed by atoms with van der Waals surface area (Å²) in [6.07, 6.45) is 0.686. The number of esters is 1. The molecule has 0 rings (SSSR count). The van der Waals surface area contributed by atoms with Gasteiger partial charge < -0.3 is 13.8 Å². The molecule has 0 bridgehead atoms. The summed E-state index contributed by atoms with van der Waals surface area (Å²) in [6.45, 7) is 4.03. The van der Waals surface area contributed by atoms with E-state index < -0.39 is 19.2 Å². The number of carbonyl (C=O) groups is 1. The summed E-state index contributed by atoms with van der Waals surface area (Å²) in [7, 11) is -4.63. The van der Waals surface area contributed by atoms with E-state index in [2.05, 4.69) is 13.8 Å². The summed E-state index contributed by atoms with van der Waals surface area (Å²) in [5, 5.41) is 0. The molecule has 8 heteroatoms. The molecule has 0 unspecified atom stereocenters. The summed E-state index contributed by atoms with van der Waals surface area (Å²) in [5.41, 5.74) is -3.88. The normalized spacial score (nSPS) is 12.9. The Morgan fingerprint density at radius 2 is 1.67 bits per heavy atom. The van der Waals surface area contributed by atoms with Crippen molar-refractivity contribution in [1.82, 2.24) is 0 Å². The van der Waals surface area contributed by atoms with Crippen LogP contribution >= 0.6 is 7.60 Å². The first-order valence-electron chi connectivity index (χ1n) is 5.46. The highest BCUT2D eigenvalue weighted by Gasteiger charge is 2.51. The van der Waals surface area contributed by atoms with E-state index in [-0.39, 0.29) is 25.9 Å². The van der Waals surface area contributed by atoms with Gasteiger partial charge in [-0.3, -0.25) is 4.57 Å². The number of halogens is 2. The molecular weight excluding hydrogens is 269 g/mol. The van der Waals surface area contributed by atoms with E-state index in [1.165, 1.54) is 20.8 Å². The second kappa shape index (κ2) is 7.61. The first kappa shape index (κ1) is 17.2. The molecule has 0 amide bonds. The SMILES string of the molecule is CCOC(=O)/C=C/C(F)(F)P(=O)(OCC)OCC. The minimum absolute atomic E-state index is 0.0589. The lowest BCUT2D eigenvalue weighted by atomic mass is 10.5. The summed E-state index contributed by atoms with van der Waals surface area (Å²) in [5.74, 6) is -0.947. The van der Waals surface area contributed by atoms with E-state index in [0.29, 0.717) is 6.08 Å². The van der Waals surface area contributed by atoms with E-state index in [1.54, 1.807) is 0 Å². The Labute approximate surface area is 105 Å². The number of hydrogen-bond donors (Lipinski definition) is 0.